The number of rotatable bonds is 4. The van der Waals surface area contributed by atoms with Crippen LogP contribution < -0.4 is 0 Å². The molecule has 0 atom stereocenters. The van der Waals surface area contributed by atoms with Crippen LogP contribution in [0.5, 0.6) is 0 Å². The quantitative estimate of drug-likeness (QED) is 0.691. The molecule has 0 radical (unpaired) electrons. The van der Waals surface area contributed by atoms with Crippen LogP contribution in [0.1, 0.15) is 39.2 Å². The summed E-state index contributed by atoms with van der Waals surface area (Å²) < 4.78 is 26.8. The Morgan fingerprint density at radius 1 is 1.29 bits per heavy atom. The van der Waals surface area contributed by atoms with E-state index in [-0.39, 0.29) is 12.6 Å². The highest BCUT2D eigenvalue weighted by Crippen LogP contribution is 2.39. The van der Waals surface area contributed by atoms with E-state index < -0.39 is 15.4 Å². The van der Waals surface area contributed by atoms with E-state index in [0.717, 1.165) is 5.56 Å². The van der Waals surface area contributed by atoms with Gasteiger partial charge in [0.25, 0.3) is 0 Å². The maximum atomic E-state index is 10.9. The number of aliphatic hydroxyl groups is 1. The fourth-order valence-corrected chi connectivity index (χ4v) is 3.32. The van der Waals surface area contributed by atoms with Gasteiger partial charge in [-0.2, -0.15) is 0 Å². The molecule has 0 spiro atoms. The number of hydrogen-bond acceptors (Lipinski definition) is 5. The maximum absolute atomic E-state index is 10.9. The van der Waals surface area contributed by atoms with Crippen LogP contribution in [0.3, 0.4) is 0 Å². The lowest BCUT2D eigenvalue weighted by atomic mass is 10.0. The fraction of sp³-hybridized carbons (Fsp3) is 0.533. The van der Waals surface area contributed by atoms with E-state index in [0.29, 0.717) is 22.6 Å². The first-order chi connectivity index (χ1) is 9.60. The van der Waals surface area contributed by atoms with Gasteiger partial charge in [-0.05, 0) is 51.3 Å². The summed E-state index contributed by atoms with van der Waals surface area (Å²) in [6.45, 7) is 7.09. The highest BCUT2D eigenvalue weighted by molar-refractivity contribution is 7.97. The van der Waals surface area contributed by atoms with E-state index in [9.17, 15) is 13.2 Å². The first kappa shape index (κ1) is 17.7. The number of benzene rings is 1. The smallest absolute Gasteiger partial charge is 0.303 e. The number of carbonyl (C=O) groups is 1. The molecule has 0 saturated heterocycles. The molecule has 1 aliphatic rings. The van der Waals surface area contributed by atoms with Gasteiger partial charge in [-0.25, -0.2) is 8.42 Å². The number of aryl methyl sites for hydroxylation is 1. The predicted octanol–water partition coefficient (Wildman–Crippen LogP) is 2.24. The van der Waals surface area contributed by atoms with Crippen molar-refractivity contribution >= 4 is 15.8 Å². The predicted molar refractivity (Wildman–Crippen MR) is 78.8 cm³/mol. The Kier molecular flexibility index (Phi) is 5.53. The lowest BCUT2D eigenvalue weighted by Gasteiger charge is -2.23. The van der Waals surface area contributed by atoms with Crippen LogP contribution in [0.2, 0.25) is 0 Å². The molecule has 0 aromatic heterocycles. The van der Waals surface area contributed by atoms with Gasteiger partial charge < -0.3 is 9.84 Å². The Morgan fingerprint density at radius 2 is 1.90 bits per heavy atom. The summed E-state index contributed by atoms with van der Waals surface area (Å²) in [5, 5.41) is 8.52. The number of carbonyl (C=O) groups excluding carboxylic acids is 1. The van der Waals surface area contributed by atoms with Gasteiger partial charge >= 0.3 is 5.97 Å². The van der Waals surface area contributed by atoms with Crippen LogP contribution in [0.4, 0.5) is 0 Å². The zero-order valence-electron chi connectivity index (χ0n) is 12.8. The van der Waals surface area contributed by atoms with Crippen molar-refractivity contribution in [1.82, 2.24) is 0 Å². The molecule has 0 bridgehead atoms. The number of sulfone groups is 1. The van der Waals surface area contributed by atoms with Gasteiger partial charge in [-0.3, -0.25) is 4.79 Å². The number of ether oxygens (including phenoxy) is 1. The third-order valence-corrected chi connectivity index (χ3v) is 4.64. The Morgan fingerprint density at radius 3 is 2.33 bits per heavy atom. The summed E-state index contributed by atoms with van der Waals surface area (Å²) in [6, 6.07) is 5.16. The van der Waals surface area contributed by atoms with Gasteiger partial charge in [-0.15, -0.1) is 0 Å². The number of fused-ring (bicyclic) bond motifs is 1. The van der Waals surface area contributed by atoms with Crippen LogP contribution in [-0.2, 0) is 19.4 Å². The molecule has 1 aromatic carbocycles. The molecule has 1 N–H and O–H groups in total. The molecule has 21 heavy (non-hydrogen) atoms. The molecular weight excluding hydrogens is 292 g/mol. The van der Waals surface area contributed by atoms with Crippen LogP contribution in [0.15, 0.2) is 28.0 Å². The van der Waals surface area contributed by atoms with Crippen molar-refractivity contribution in [2.75, 3.05) is 6.61 Å². The first-order valence-corrected chi connectivity index (χ1v) is 8.24. The van der Waals surface area contributed by atoms with Crippen molar-refractivity contribution in [3.05, 3.63) is 23.8 Å². The molecule has 118 valence electrons. The van der Waals surface area contributed by atoms with E-state index in [2.05, 4.69) is 0 Å². The highest BCUT2D eigenvalue weighted by Gasteiger charge is 2.38. The van der Waals surface area contributed by atoms with Crippen LogP contribution in [0, 0.1) is 6.92 Å². The molecule has 0 saturated carbocycles. The van der Waals surface area contributed by atoms with Gasteiger partial charge in [0.05, 0.1) is 9.79 Å². The minimum absolute atomic E-state index is 0.144. The topological polar surface area (TPSA) is 80.7 Å². The SMILES string of the molecule is CC(=O)OC(C)(C)CCCO.Cc1ccc2c(c1)S2(=O)=O. The third-order valence-electron chi connectivity index (χ3n) is 2.99. The second-order valence-electron chi connectivity index (χ2n) is 5.63. The van der Waals surface area contributed by atoms with Crippen molar-refractivity contribution < 1.29 is 23.1 Å². The average Bonchev–Trinajstić information content (AvgIpc) is 2.88. The lowest BCUT2D eigenvalue weighted by molar-refractivity contribution is -0.154. The molecule has 1 aromatic rings. The van der Waals surface area contributed by atoms with Crippen LogP contribution >= 0.6 is 0 Å². The zero-order chi connectivity index (χ0) is 16.3. The highest BCUT2D eigenvalue weighted by atomic mass is 32.2. The molecule has 0 unspecified atom stereocenters. The normalized spacial score (nSPS) is 14.5. The van der Waals surface area contributed by atoms with Crippen LogP contribution in [-0.4, -0.2) is 31.7 Å². The van der Waals surface area contributed by atoms with E-state index in [4.69, 9.17) is 9.84 Å². The van der Waals surface area contributed by atoms with Gasteiger partial charge in [0, 0.05) is 13.5 Å². The van der Waals surface area contributed by atoms with Gasteiger partial charge in [0.15, 0.2) is 0 Å². The Balaban J connectivity index is 0.000000210. The van der Waals surface area contributed by atoms with E-state index in [1.54, 1.807) is 12.1 Å². The fourth-order valence-electron chi connectivity index (χ4n) is 1.95. The molecule has 0 amide bonds. The van der Waals surface area contributed by atoms with E-state index in [1.165, 1.54) is 6.92 Å². The number of esters is 1. The van der Waals surface area contributed by atoms with E-state index in [1.807, 2.05) is 26.8 Å². The molecule has 6 heteroatoms. The van der Waals surface area contributed by atoms with Crippen LogP contribution in [0.25, 0.3) is 0 Å². The van der Waals surface area contributed by atoms with Gasteiger partial charge in [0.2, 0.25) is 9.84 Å². The van der Waals surface area contributed by atoms with Gasteiger partial charge in [-0.1, -0.05) is 6.07 Å². The molecule has 2 rings (SSSR count). The minimum Gasteiger partial charge on any atom is -0.460 e. The molecule has 0 aliphatic carbocycles. The molecule has 1 heterocycles. The first-order valence-electron chi connectivity index (χ1n) is 6.76. The standard InChI is InChI=1S/C8H16O3.C7H6O2S/c1-7(10)11-8(2,3)5-4-6-9;1-5-2-3-6-7(4-5)10(6,8)9/h9H,4-6H2,1-3H3;2-4H,1H3. The zero-order valence-corrected chi connectivity index (χ0v) is 13.7. The van der Waals surface area contributed by atoms with Crippen molar-refractivity contribution in [3.8, 4) is 0 Å². The Hall–Kier alpha value is -1.40. The van der Waals surface area contributed by atoms with Gasteiger partial charge in [0.1, 0.15) is 5.60 Å². The van der Waals surface area contributed by atoms with Crippen molar-refractivity contribution in [1.29, 1.82) is 0 Å². The number of hydrogen-bond donors (Lipinski definition) is 1. The Bertz CT molecular complexity index is 617. The summed E-state index contributed by atoms with van der Waals surface area (Å²) in [4.78, 5) is 11.5. The summed E-state index contributed by atoms with van der Waals surface area (Å²) in [6.07, 6.45) is 1.36. The summed E-state index contributed by atoms with van der Waals surface area (Å²) in [5.41, 5.74) is 0.564. The average molecular weight is 314 g/mol. The third kappa shape index (κ3) is 5.13. The minimum atomic E-state index is -2.90. The monoisotopic (exact) mass is 314 g/mol. The lowest BCUT2D eigenvalue weighted by Crippen LogP contribution is -2.27. The molecular formula is C15H22O5S. The summed E-state index contributed by atoms with van der Waals surface area (Å²) >= 11 is 0. The second-order valence-corrected chi connectivity index (χ2v) is 7.52. The number of aliphatic hydroxyl groups excluding tert-OH is 1. The largest absolute Gasteiger partial charge is 0.460 e. The second kappa shape index (κ2) is 6.58. The maximum Gasteiger partial charge on any atom is 0.303 e. The molecule has 0 fully saturated rings. The van der Waals surface area contributed by atoms with Crippen molar-refractivity contribution in [2.24, 2.45) is 0 Å². The Labute approximate surface area is 125 Å². The van der Waals surface area contributed by atoms with Crippen molar-refractivity contribution in [2.45, 2.75) is 55.9 Å². The summed E-state index contributed by atoms with van der Waals surface area (Å²) in [5.74, 6) is -0.270. The molecule has 1 aliphatic heterocycles. The summed E-state index contributed by atoms with van der Waals surface area (Å²) in [7, 11) is -2.90. The van der Waals surface area contributed by atoms with Crippen molar-refractivity contribution in [3.63, 3.8) is 0 Å². The molecule has 5 nitrogen and oxygen atoms in total. The van der Waals surface area contributed by atoms with E-state index >= 15 is 0 Å².